The molecular weight excluding hydrogens is 263 g/mol. The van der Waals surface area contributed by atoms with Crippen molar-refractivity contribution in [2.75, 3.05) is 13.2 Å². The zero-order valence-electron chi connectivity index (χ0n) is 11.2. The summed E-state index contributed by atoms with van der Waals surface area (Å²) >= 11 is 0. The maximum atomic E-state index is 12.0. The van der Waals surface area contributed by atoms with Crippen molar-refractivity contribution in [2.45, 2.75) is 45.5 Å². The first-order chi connectivity index (χ1) is 8.80. The van der Waals surface area contributed by atoms with E-state index in [4.69, 9.17) is 9.26 Å². The Balaban J connectivity index is 2.61. The number of alkyl halides is 3. The molecule has 1 aromatic heterocycles. The topological polar surface area (TPSA) is 60.2 Å². The molecule has 8 heteroatoms. The second-order valence-corrected chi connectivity index (χ2v) is 4.25. The highest BCUT2D eigenvalue weighted by atomic mass is 19.4. The number of hydrogen-bond acceptors (Lipinski definition) is 5. The fraction of sp³-hybridized carbons (Fsp3) is 0.818. The summed E-state index contributed by atoms with van der Waals surface area (Å²) in [6, 6.07) is 0. The molecule has 0 aliphatic carbocycles. The third-order valence-electron chi connectivity index (χ3n) is 2.68. The summed E-state index contributed by atoms with van der Waals surface area (Å²) in [5.41, 5.74) is -0.680. The Labute approximate surface area is 109 Å². The molecule has 0 aliphatic heterocycles. The lowest BCUT2D eigenvalue weighted by atomic mass is 10.0. The van der Waals surface area contributed by atoms with Crippen LogP contribution >= 0.6 is 0 Å². The van der Waals surface area contributed by atoms with E-state index in [0.29, 0.717) is 18.9 Å². The molecule has 0 saturated carbocycles. The Bertz CT molecular complexity index is 395. The number of rotatable bonds is 7. The van der Waals surface area contributed by atoms with Gasteiger partial charge in [-0.3, -0.25) is 0 Å². The molecule has 1 N–H and O–H groups in total. The largest absolute Gasteiger partial charge is 0.401 e. The van der Waals surface area contributed by atoms with Crippen LogP contribution in [0.25, 0.3) is 0 Å². The van der Waals surface area contributed by atoms with Gasteiger partial charge in [-0.05, 0) is 20.3 Å². The molecule has 1 unspecified atom stereocenters. The summed E-state index contributed by atoms with van der Waals surface area (Å²) in [6.45, 7) is 4.84. The highest BCUT2D eigenvalue weighted by Crippen LogP contribution is 2.26. The van der Waals surface area contributed by atoms with Gasteiger partial charge in [-0.25, -0.2) is 0 Å². The smallest absolute Gasteiger partial charge is 0.367 e. The molecule has 1 heterocycles. The van der Waals surface area contributed by atoms with Crippen LogP contribution < -0.4 is 5.32 Å². The molecule has 0 saturated heterocycles. The molecule has 0 aliphatic rings. The first-order valence-electron chi connectivity index (χ1n) is 6.05. The number of hydrogen-bond donors (Lipinski definition) is 1. The minimum absolute atomic E-state index is 0.110. The van der Waals surface area contributed by atoms with Gasteiger partial charge in [0, 0.05) is 6.61 Å². The molecule has 0 bridgehead atoms. The second kappa shape index (κ2) is 6.33. The van der Waals surface area contributed by atoms with Crippen LogP contribution in [-0.4, -0.2) is 29.5 Å². The van der Waals surface area contributed by atoms with Crippen LogP contribution in [-0.2, 0) is 16.9 Å². The van der Waals surface area contributed by atoms with Crippen LogP contribution in [0.15, 0.2) is 4.52 Å². The van der Waals surface area contributed by atoms with Crippen molar-refractivity contribution < 1.29 is 22.4 Å². The zero-order valence-corrected chi connectivity index (χ0v) is 11.2. The van der Waals surface area contributed by atoms with Gasteiger partial charge in [0.05, 0.1) is 13.1 Å². The normalized spacial score (nSPS) is 15.5. The number of nitrogens with one attached hydrogen (secondary N) is 1. The average Bonchev–Trinajstić information content (AvgIpc) is 2.77. The van der Waals surface area contributed by atoms with E-state index in [0.717, 1.165) is 0 Å². The first kappa shape index (κ1) is 15.9. The molecule has 0 radical (unpaired) electrons. The van der Waals surface area contributed by atoms with Gasteiger partial charge in [0.2, 0.25) is 11.7 Å². The Morgan fingerprint density at radius 2 is 2.00 bits per heavy atom. The van der Waals surface area contributed by atoms with Gasteiger partial charge in [-0.15, -0.1) is 0 Å². The first-order valence-corrected chi connectivity index (χ1v) is 6.05. The van der Waals surface area contributed by atoms with Crippen molar-refractivity contribution in [3.8, 4) is 0 Å². The third kappa shape index (κ3) is 4.79. The van der Waals surface area contributed by atoms with Crippen LogP contribution in [0.1, 0.15) is 38.9 Å². The van der Waals surface area contributed by atoms with Crippen molar-refractivity contribution in [3.05, 3.63) is 11.7 Å². The molecule has 1 aromatic rings. The Kier molecular flexibility index (Phi) is 5.30. The molecular formula is C11H18F3N3O2. The van der Waals surface area contributed by atoms with Gasteiger partial charge in [-0.2, -0.15) is 18.2 Å². The lowest BCUT2D eigenvalue weighted by molar-refractivity contribution is -0.125. The van der Waals surface area contributed by atoms with Crippen LogP contribution in [0.3, 0.4) is 0 Å². The highest BCUT2D eigenvalue weighted by molar-refractivity contribution is 4.99. The number of halogens is 3. The fourth-order valence-electron chi connectivity index (χ4n) is 1.50. The predicted molar refractivity (Wildman–Crippen MR) is 61.3 cm³/mol. The predicted octanol–water partition coefficient (Wildman–Crippen LogP) is 2.38. The standard InChI is InChI=1S/C11H18F3N3O2/c1-4-10(3,18-5-2)9-16-8(19-17-9)6-15-7-11(12,13)14/h15H,4-7H2,1-3H3. The summed E-state index contributed by atoms with van der Waals surface area (Å²) in [5.74, 6) is 0.458. The molecule has 0 amide bonds. The van der Waals surface area contributed by atoms with Crippen molar-refractivity contribution in [1.29, 1.82) is 0 Å². The van der Waals surface area contributed by atoms with Gasteiger partial charge >= 0.3 is 6.18 Å². The minimum Gasteiger partial charge on any atom is -0.367 e. The summed E-state index contributed by atoms with van der Waals surface area (Å²) in [5, 5.41) is 5.95. The van der Waals surface area contributed by atoms with Gasteiger partial charge in [0.1, 0.15) is 5.60 Å². The van der Waals surface area contributed by atoms with Gasteiger partial charge in [-0.1, -0.05) is 12.1 Å². The van der Waals surface area contributed by atoms with E-state index in [1.54, 1.807) is 0 Å². The summed E-state index contributed by atoms with van der Waals surface area (Å²) < 4.78 is 46.3. The molecule has 0 aromatic carbocycles. The summed E-state index contributed by atoms with van der Waals surface area (Å²) in [7, 11) is 0. The maximum Gasteiger partial charge on any atom is 0.401 e. The van der Waals surface area contributed by atoms with E-state index in [-0.39, 0.29) is 12.4 Å². The minimum atomic E-state index is -4.26. The molecule has 0 fully saturated rings. The number of nitrogens with zero attached hydrogens (tertiary/aromatic N) is 2. The van der Waals surface area contributed by atoms with Crippen LogP contribution in [0.2, 0.25) is 0 Å². The Morgan fingerprint density at radius 3 is 2.53 bits per heavy atom. The Hall–Kier alpha value is -1.15. The highest BCUT2D eigenvalue weighted by Gasteiger charge is 2.31. The zero-order chi connectivity index (χ0) is 14.5. The SMILES string of the molecule is CCOC(C)(CC)c1noc(CNCC(F)(F)F)n1. The van der Waals surface area contributed by atoms with Crippen molar-refractivity contribution in [3.63, 3.8) is 0 Å². The van der Waals surface area contributed by atoms with E-state index in [9.17, 15) is 13.2 Å². The molecule has 0 spiro atoms. The van der Waals surface area contributed by atoms with Gasteiger partial charge in [0.25, 0.3) is 0 Å². The van der Waals surface area contributed by atoms with Crippen molar-refractivity contribution in [2.24, 2.45) is 0 Å². The molecule has 19 heavy (non-hydrogen) atoms. The molecule has 110 valence electrons. The van der Waals surface area contributed by atoms with Crippen LogP contribution in [0.4, 0.5) is 13.2 Å². The van der Waals surface area contributed by atoms with Gasteiger partial charge < -0.3 is 14.6 Å². The van der Waals surface area contributed by atoms with Crippen LogP contribution in [0.5, 0.6) is 0 Å². The quantitative estimate of drug-likeness (QED) is 0.831. The number of aromatic nitrogens is 2. The maximum absolute atomic E-state index is 12.0. The van der Waals surface area contributed by atoms with Gasteiger partial charge in [0.15, 0.2) is 0 Å². The Morgan fingerprint density at radius 1 is 1.32 bits per heavy atom. The second-order valence-electron chi connectivity index (χ2n) is 4.25. The lowest BCUT2D eigenvalue weighted by Crippen LogP contribution is -2.29. The van der Waals surface area contributed by atoms with E-state index in [1.165, 1.54) is 0 Å². The van der Waals surface area contributed by atoms with E-state index >= 15 is 0 Å². The fourth-order valence-corrected chi connectivity index (χ4v) is 1.50. The van der Waals surface area contributed by atoms with E-state index in [2.05, 4.69) is 15.5 Å². The molecule has 5 nitrogen and oxygen atoms in total. The summed E-state index contributed by atoms with van der Waals surface area (Å²) in [4.78, 5) is 4.06. The average molecular weight is 281 g/mol. The summed E-state index contributed by atoms with van der Waals surface area (Å²) in [6.07, 6.45) is -3.62. The van der Waals surface area contributed by atoms with Crippen molar-refractivity contribution in [1.82, 2.24) is 15.5 Å². The van der Waals surface area contributed by atoms with E-state index < -0.39 is 18.3 Å². The number of ether oxygens (including phenoxy) is 1. The molecule has 1 atom stereocenters. The monoisotopic (exact) mass is 281 g/mol. The lowest BCUT2D eigenvalue weighted by Gasteiger charge is -2.23. The van der Waals surface area contributed by atoms with Crippen LogP contribution in [0, 0.1) is 0 Å². The molecule has 1 rings (SSSR count). The third-order valence-corrected chi connectivity index (χ3v) is 2.68. The van der Waals surface area contributed by atoms with E-state index in [1.807, 2.05) is 20.8 Å². The van der Waals surface area contributed by atoms with Crippen molar-refractivity contribution >= 4 is 0 Å².